The van der Waals surface area contributed by atoms with Gasteiger partial charge in [-0.05, 0) is 61.9 Å². The molecule has 0 bridgehead atoms. The topological polar surface area (TPSA) is 144 Å². The molecule has 0 fully saturated rings. The van der Waals surface area contributed by atoms with Crippen molar-refractivity contribution in [3.63, 3.8) is 0 Å². The van der Waals surface area contributed by atoms with E-state index in [0.717, 1.165) is 34.6 Å². The maximum Gasteiger partial charge on any atom is 0.431 e. The average Bonchev–Trinajstić information content (AvgIpc) is 1.63. The summed E-state index contributed by atoms with van der Waals surface area (Å²) >= 11 is 0. The second-order valence-corrected chi connectivity index (χ2v) is 23.6. The van der Waals surface area contributed by atoms with Crippen molar-refractivity contribution in [2.24, 2.45) is 0 Å². The van der Waals surface area contributed by atoms with Crippen LogP contribution in [0.2, 0.25) is 0 Å². The molecular formula is C62H62F8Ir2N14-8. The van der Waals surface area contributed by atoms with Gasteiger partial charge in [-0.15, -0.1) is 119 Å². The standard InChI is InChI=1S/2C21H22F3N5.2C10H9FN2.2Ir/c2*1-19(2,3)13-9-7-12(8-10-13)16-25-17(27-18(26-16)20(4,5)6)14-11-15(29-28-14)21(22,23)24;2*1-12-6-7-13(8-12)10-4-2-9(11)3-5-10;;/h2*7,9-11H,1-6H3;2*2-4,6-8H,1H3;;/q4*-2;;. The third kappa shape index (κ3) is 18.9. The fourth-order valence-electron chi connectivity index (χ4n) is 7.34. The zero-order valence-corrected chi connectivity index (χ0v) is 54.3. The Bertz CT molecular complexity index is 3300. The smallest absolute Gasteiger partial charge is 0.431 e. The van der Waals surface area contributed by atoms with E-state index in [1.54, 1.807) is 12.1 Å². The molecule has 10 rings (SSSR count). The molecule has 8 aromatic rings. The largest absolute Gasteiger partial charge is 0.572 e. The predicted molar refractivity (Wildman–Crippen MR) is 304 cm³/mol. The van der Waals surface area contributed by atoms with Crippen LogP contribution in [0.4, 0.5) is 46.5 Å². The Morgan fingerprint density at radius 2 is 0.767 bits per heavy atom. The van der Waals surface area contributed by atoms with Crippen LogP contribution in [0.25, 0.3) is 45.8 Å². The van der Waals surface area contributed by atoms with Crippen LogP contribution in [0.5, 0.6) is 0 Å². The maximum atomic E-state index is 12.9. The van der Waals surface area contributed by atoms with Gasteiger partial charge >= 0.3 is 12.4 Å². The summed E-state index contributed by atoms with van der Waals surface area (Å²) in [6, 6.07) is 34.0. The number of alkyl halides is 6. The van der Waals surface area contributed by atoms with Crippen LogP contribution < -0.4 is 20.0 Å². The zero-order valence-electron chi connectivity index (χ0n) is 49.5. The third-order valence-electron chi connectivity index (χ3n) is 12.2. The molecule has 0 spiro atoms. The summed E-state index contributed by atoms with van der Waals surface area (Å²) in [5, 5.41) is 13.7. The molecule has 86 heavy (non-hydrogen) atoms. The first kappa shape index (κ1) is 69.5. The predicted octanol–water partition coefficient (Wildman–Crippen LogP) is 13.9. The Hall–Kier alpha value is -7.26. The first-order valence-corrected chi connectivity index (χ1v) is 26.2. The summed E-state index contributed by atoms with van der Waals surface area (Å²) in [5.74, 6) is 1.13. The second kappa shape index (κ2) is 27.6. The third-order valence-corrected chi connectivity index (χ3v) is 12.2. The molecule has 2 aliphatic heterocycles. The van der Waals surface area contributed by atoms with Gasteiger partial charge < -0.3 is 40.0 Å². The Morgan fingerprint density at radius 3 is 1.01 bits per heavy atom. The molecule has 0 N–H and O–H groups in total. The minimum atomic E-state index is -4.58. The van der Waals surface area contributed by atoms with Crippen molar-refractivity contribution >= 4 is 11.4 Å². The number of halogens is 8. The molecule has 0 atom stereocenters. The van der Waals surface area contributed by atoms with Crippen molar-refractivity contribution in [2.45, 2.75) is 117 Å². The number of anilines is 2. The van der Waals surface area contributed by atoms with Gasteiger partial charge in [0.25, 0.3) is 0 Å². The van der Waals surface area contributed by atoms with Crippen LogP contribution in [0, 0.1) is 49.2 Å². The van der Waals surface area contributed by atoms with Crippen molar-refractivity contribution in [2.75, 3.05) is 23.9 Å². The summed E-state index contributed by atoms with van der Waals surface area (Å²) in [6.07, 6.45) is -1.54. The quantitative estimate of drug-likeness (QED) is 0.115. The molecular weight excluding hydrogens is 1480 g/mol. The second-order valence-electron chi connectivity index (χ2n) is 23.6. The molecule has 462 valence electrons. The van der Waals surface area contributed by atoms with Gasteiger partial charge in [-0.2, -0.15) is 51.8 Å². The monoisotopic (exact) mass is 1540 g/mol. The molecule has 0 saturated carbocycles. The molecule has 24 heteroatoms. The van der Waals surface area contributed by atoms with E-state index < -0.39 is 34.6 Å². The van der Waals surface area contributed by atoms with Crippen LogP contribution in [0.1, 0.15) is 117 Å². The molecule has 14 nitrogen and oxygen atoms in total. The molecule has 0 aliphatic carbocycles. The van der Waals surface area contributed by atoms with Crippen LogP contribution in [0.15, 0.2) is 110 Å². The normalized spacial score (nSPS) is 13.5. The minimum Gasteiger partial charge on any atom is -0.572 e. The molecule has 4 aromatic carbocycles. The van der Waals surface area contributed by atoms with Gasteiger partial charge in [0.15, 0.2) is 0 Å². The molecule has 0 amide bonds. The van der Waals surface area contributed by atoms with E-state index >= 15 is 0 Å². The van der Waals surface area contributed by atoms with Gasteiger partial charge in [0, 0.05) is 62.7 Å². The van der Waals surface area contributed by atoms with Gasteiger partial charge in [0.05, 0.1) is 11.6 Å². The molecule has 4 aromatic heterocycles. The molecule has 0 unspecified atom stereocenters. The van der Waals surface area contributed by atoms with Crippen LogP contribution in [-0.4, -0.2) is 64.0 Å². The Morgan fingerprint density at radius 1 is 0.419 bits per heavy atom. The van der Waals surface area contributed by atoms with Gasteiger partial charge in [0.2, 0.25) is 0 Å². The Balaban J connectivity index is 0.000000221. The van der Waals surface area contributed by atoms with E-state index in [9.17, 15) is 35.1 Å². The van der Waals surface area contributed by atoms with Gasteiger partial charge in [0.1, 0.15) is 34.7 Å². The van der Waals surface area contributed by atoms with Gasteiger partial charge in [-0.25, -0.2) is 9.97 Å². The minimum absolute atomic E-state index is 0. The fraction of sp³-hybridized carbons (Fsp3) is 0.323. The molecule has 2 radical (unpaired) electrons. The molecule has 6 heterocycles. The van der Waals surface area contributed by atoms with E-state index in [2.05, 4.69) is 116 Å². The van der Waals surface area contributed by atoms with E-state index in [-0.39, 0.29) is 85.7 Å². The summed E-state index contributed by atoms with van der Waals surface area (Å²) in [6.45, 7) is 27.9. The average molecular weight is 1540 g/mol. The summed E-state index contributed by atoms with van der Waals surface area (Å²) in [7, 11) is 3.86. The van der Waals surface area contributed by atoms with Crippen LogP contribution in [-0.2, 0) is 74.2 Å². The van der Waals surface area contributed by atoms with Crippen molar-refractivity contribution in [1.82, 2.24) is 60.1 Å². The van der Waals surface area contributed by atoms with E-state index in [1.807, 2.05) is 150 Å². The summed E-state index contributed by atoms with van der Waals surface area (Å²) in [5.41, 5.74) is 1.94. The van der Waals surface area contributed by atoms with Crippen LogP contribution in [0.3, 0.4) is 0 Å². The fourth-order valence-corrected chi connectivity index (χ4v) is 7.34. The van der Waals surface area contributed by atoms with Crippen molar-refractivity contribution in [1.29, 1.82) is 0 Å². The number of aromatic nitrogens is 10. The number of nitrogens with zero attached hydrogens (tertiary/aromatic N) is 14. The molecule has 2 aliphatic rings. The van der Waals surface area contributed by atoms with Crippen molar-refractivity contribution in [3.8, 4) is 45.8 Å². The number of benzene rings is 4. The van der Waals surface area contributed by atoms with Crippen LogP contribution >= 0.6 is 0 Å². The number of hydrogen-bond donors (Lipinski definition) is 0. The summed E-state index contributed by atoms with van der Waals surface area (Å²) < 4.78 is 103. The summed E-state index contributed by atoms with van der Waals surface area (Å²) in [4.78, 5) is 34.0. The maximum absolute atomic E-state index is 12.9. The van der Waals surface area contributed by atoms with Crippen molar-refractivity contribution in [3.05, 3.63) is 193 Å². The van der Waals surface area contributed by atoms with Gasteiger partial charge in [-0.3, -0.25) is 28.7 Å². The van der Waals surface area contributed by atoms with E-state index in [1.165, 1.54) is 24.3 Å². The SMILES string of the molecule is CC(C)(C)c1c[c-]c(-c2nc(-c3cc(C(F)(F)F)n[n-]3)nc(C(C)(C)C)n2)cc1.CC(C)(C)c1c[c-]c(-c2nc(-c3cc(C(F)(F)F)n[n-]3)nc(C(C)(C)C)n2)cc1.CN1C=CN(c2[c-]cc(F)cc2)[CH-]1.CN1C=CN(c2[c-]cc(F)cc2)[CH-]1.[Ir].[Ir]. The first-order chi connectivity index (χ1) is 39.0. The van der Waals surface area contributed by atoms with Crippen molar-refractivity contribution < 1.29 is 75.3 Å². The van der Waals surface area contributed by atoms with E-state index in [4.69, 9.17) is 0 Å². The number of hydrogen-bond acceptors (Lipinski definition) is 12. The Kier molecular flexibility index (Phi) is 22.3. The first-order valence-electron chi connectivity index (χ1n) is 26.2. The van der Waals surface area contributed by atoms with Gasteiger partial charge in [-0.1, -0.05) is 94.5 Å². The number of rotatable bonds is 6. The zero-order chi connectivity index (χ0) is 61.7. The van der Waals surface area contributed by atoms with E-state index in [0.29, 0.717) is 34.4 Å². The Labute approximate surface area is 523 Å². The molecule has 0 saturated heterocycles.